The quantitative estimate of drug-likeness (QED) is 0.264. The van der Waals surface area contributed by atoms with Crippen LogP contribution in [0.4, 0.5) is 0 Å². The lowest BCUT2D eigenvalue weighted by Gasteiger charge is -2.11. The van der Waals surface area contributed by atoms with E-state index in [1.165, 1.54) is 0 Å². The zero-order chi connectivity index (χ0) is 24.3. The number of pyridine rings is 3. The van der Waals surface area contributed by atoms with E-state index >= 15 is 0 Å². The van der Waals surface area contributed by atoms with Gasteiger partial charge in [0.2, 0.25) is 0 Å². The number of rotatable bonds is 3. The van der Waals surface area contributed by atoms with Gasteiger partial charge in [-0.1, -0.05) is 24.3 Å². The zero-order valence-electron chi connectivity index (χ0n) is 19.5. The summed E-state index contributed by atoms with van der Waals surface area (Å²) in [6, 6.07) is 28.5. The number of hydrogen-bond acceptors (Lipinski definition) is 5. The topological polar surface area (TPSA) is 70.1 Å². The summed E-state index contributed by atoms with van der Waals surface area (Å²) in [5.41, 5.74) is 3.88. The summed E-state index contributed by atoms with van der Waals surface area (Å²) in [6.45, 7) is 0. The van der Waals surface area contributed by atoms with E-state index in [0.29, 0.717) is 0 Å². The van der Waals surface area contributed by atoms with E-state index < -0.39 is 0 Å². The molecule has 5 heterocycles. The molecule has 0 saturated heterocycles. The maximum absolute atomic E-state index is 6.41. The van der Waals surface area contributed by atoms with E-state index in [9.17, 15) is 0 Å². The summed E-state index contributed by atoms with van der Waals surface area (Å²) in [7, 11) is 0. The van der Waals surface area contributed by atoms with Gasteiger partial charge in [-0.05, 0) is 60.0 Å². The van der Waals surface area contributed by atoms with Gasteiger partial charge in [-0.25, -0.2) is 4.98 Å². The van der Waals surface area contributed by atoms with Crippen molar-refractivity contribution in [1.82, 2.24) is 29.1 Å². The van der Waals surface area contributed by atoms with Gasteiger partial charge in [0.15, 0.2) is 5.65 Å². The molecule has 0 aliphatic heterocycles. The molecular weight excluding hydrogens is 460 g/mol. The van der Waals surface area contributed by atoms with Crippen LogP contribution in [0, 0.1) is 0 Å². The molecule has 0 unspecified atom stereocenters. The summed E-state index contributed by atoms with van der Waals surface area (Å²) in [6.07, 6.45) is 7.25. The Balaban J connectivity index is 1.30. The highest BCUT2D eigenvalue weighted by atomic mass is 16.5. The predicted octanol–water partition coefficient (Wildman–Crippen LogP) is 6.72. The average Bonchev–Trinajstić information content (AvgIpc) is 3.57. The molecule has 8 aromatic rings. The van der Waals surface area contributed by atoms with Crippen LogP contribution in [0.5, 0.6) is 11.5 Å². The summed E-state index contributed by atoms with van der Waals surface area (Å²) in [5, 5.41) is 14.0. The fourth-order valence-corrected chi connectivity index (χ4v) is 5.29. The van der Waals surface area contributed by atoms with Crippen LogP contribution in [0.1, 0.15) is 0 Å². The van der Waals surface area contributed by atoms with Gasteiger partial charge in [0.1, 0.15) is 23.6 Å². The van der Waals surface area contributed by atoms with Crippen molar-refractivity contribution in [3.63, 3.8) is 0 Å². The van der Waals surface area contributed by atoms with Gasteiger partial charge in [-0.3, -0.25) is 14.0 Å². The third kappa shape index (κ3) is 2.94. The van der Waals surface area contributed by atoms with Crippen molar-refractivity contribution in [2.75, 3.05) is 0 Å². The van der Waals surface area contributed by atoms with Crippen molar-refractivity contribution >= 4 is 49.1 Å². The molecular formula is C30H18N6O. The van der Waals surface area contributed by atoms with E-state index in [1.807, 2.05) is 71.4 Å². The number of fused-ring (bicyclic) bond motifs is 9. The van der Waals surface area contributed by atoms with Gasteiger partial charge in [0.25, 0.3) is 0 Å². The second kappa shape index (κ2) is 7.60. The lowest BCUT2D eigenvalue weighted by Crippen LogP contribution is -1.96. The number of ether oxygens (including phenoxy) is 1. The van der Waals surface area contributed by atoms with Crippen molar-refractivity contribution in [2.24, 2.45) is 0 Å². The van der Waals surface area contributed by atoms with Crippen molar-refractivity contribution in [1.29, 1.82) is 0 Å². The third-order valence-electron chi connectivity index (χ3n) is 6.89. The van der Waals surface area contributed by atoms with Crippen LogP contribution >= 0.6 is 0 Å². The molecule has 0 aliphatic rings. The SMILES string of the molecule is c1ccc(-n2c3cnccc3c3ccc(Oc4ccc5c6ccccc6n6cnnc6c5c4)cc32)nc1. The van der Waals surface area contributed by atoms with Crippen molar-refractivity contribution in [2.45, 2.75) is 0 Å². The molecule has 0 fully saturated rings. The van der Waals surface area contributed by atoms with E-state index in [0.717, 1.165) is 66.4 Å². The largest absolute Gasteiger partial charge is 0.457 e. The first-order chi connectivity index (χ1) is 18.3. The number of nitrogens with zero attached hydrogens (tertiary/aromatic N) is 6. The maximum atomic E-state index is 6.41. The van der Waals surface area contributed by atoms with Gasteiger partial charge in [0.05, 0.1) is 22.7 Å². The minimum atomic E-state index is 0.731. The van der Waals surface area contributed by atoms with Crippen LogP contribution in [-0.2, 0) is 0 Å². The van der Waals surface area contributed by atoms with Gasteiger partial charge in [-0.15, -0.1) is 10.2 Å². The van der Waals surface area contributed by atoms with Crippen LogP contribution in [-0.4, -0.2) is 29.1 Å². The van der Waals surface area contributed by atoms with Gasteiger partial charge >= 0.3 is 0 Å². The molecule has 7 nitrogen and oxygen atoms in total. The second-order valence-electron chi connectivity index (χ2n) is 8.95. The number of hydrogen-bond donors (Lipinski definition) is 0. The molecule has 3 aromatic carbocycles. The lowest BCUT2D eigenvalue weighted by atomic mass is 10.1. The van der Waals surface area contributed by atoms with Gasteiger partial charge in [0, 0.05) is 40.0 Å². The Kier molecular flexibility index (Phi) is 4.10. The highest BCUT2D eigenvalue weighted by Gasteiger charge is 2.15. The molecule has 8 rings (SSSR count). The molecule has 0 spiro atoms. The van der Waals surface area contributed by atoms with Gasteiger partial charge in [-0.2, -0.15) is 0 Å². The van der Waals surface area contributed by atoms with Crippen molar-refractivity contribution in [3.8, 4) is 17.3 Å². The van der Waals surface area contributed by atoms with Gasteiger partial charge < -0.3 is 4.74 Å². The Labute approximate surface area is 210 Å². The summed E-state index contributed by atoms with van der Waals surface area (Å²) < 4.78 is 10.6. The van der Waals surface area contributed by atoms with Crippen LogP contribution in [0.15, 0.2) is 110 Å². The summed E-state index contributed by atoms with van der Waals surface area (Å²) >= 11 is 0. The van der Waals surface area contributed by atoms with Crippen molar-refractivity contribution in [3.05, 3.63) is 110 Å². The van der Waals surface area contributed by atoms with Crippen LogP contribution in [0.2, 0.25) is 0 Å². The molecule has 7 heteroatoms. The van der Waals surface area contributed by atoms with E-state index in [1.54, 1.807) is 12.5 Å². The standard InChI is InChI=1S/C30H18N6O/c1-2-6-26-22(5-1)21-10-8-19(15-25(21)30-34-33-18-35(26)30)37-20-9-11-23-24-12-14-31-17-28(24)36(27(23)16-20)29-7-3-4-13-32-29/h1-18H. The molecule has 5 aromatic heterocycles. The molecule has 37 heavy (non-hydrogen) atoms. The van der Waals surface area contributed by atoms with Crippen LogP contribution in [0.3, 0.4) is 0 Å². The smallest absolute Gasteiger partial charge is 0.169 e. The first-order valence-corrected chi connectivity index (χ1v) is 12.0. The number of benzene rings is 3. The fourth-order valence-electron chi connectivity index (χ4n) is 5.29. The monoisotopic (exact) mass is 478 g/mol. The molecule has 0 aliphatic carbocycles. The number of para-hydroxylation sites is 1. The minimum Gasteiger partial charge on any atom is -0.457 e. The lowest BCUT2D eigenvalue weighted by molar-refractivity contribution is 0.484. The predicted molar refractivity (Wildman–Crippen MR) is 144 cm³/mol. The molecule has 0 radical (unpaired) electrons. The summed E-state index contributed by atoms with van der Waals surface area (Å²) in [4.78, 5) is 8.96. The minimum absolute atomic E-state index is 0.731. The van der Waals surface area contributed by atoms with Crippen molar-refractivity contribution < 1.29 is 4.74 Å². The summed E-state index contributed by atoms with van der Waals surface area (Å²) in [5.74, 6) is 2.30. The highest BCUT2D eigenvalue weighted by molar-refractivity contribution is 6.12. The first kappa shape index (κ1) is 19.9. The highest BCUT2D eigenvalue weighted by Crippen LogP contribution is 2.36. The Morgan fingerprint density at radius 2 is 1.43 bits per heavy atom. The Morgan fingerprint density at radius 3 is 2.35 bits per heavy atom. The second-order valence-corrected chi connectivity index (χ2v) is 8.95. The molecule has 0 atom stereocenters. The zero-order valence-corrected chi connectivity index (χ0v) is 19.5. The van der Waals surface area contributed by atoms with E-state index in [4.69, 9.17) is 4.74 Å². The molecule has 0 amide bonds. The van der Waals surface area contributed by atoms with Crippen LogP contribution in [0.25, 0.3) is 54.9 Å². The third-order valence-corrected chi connectivity index (χ3v) is 6.89. The molecule has 0 N–H and O–H groups in total. The Morgan fingerprint density at radius 1 is 0.622 bits per heavy atom. The molecule has 174 valence electrons. The fraction of sp³-hybridized carbons (Fsp3) is 0. The molecule has 0 bridgehead atoms. The van der Waals surface area contributed by atoms with Crippen LogP contribution < -0.4 is 4.74 Å². The molecule has 0 saturated carbocycles. The Hall–Kier alpha value is -5.30. The maximum Gasteiger partial charge on any atom is 0.169 e. The number of aromatic nitrogens is 6. The Bertz CT molecular complexity index is 2130. The first-order valence-electron chi connectivity index (χ1n) is 12.0. The average molecular weight is 479 g/mol. The normalized spacial score (nSPS) is 11.8. The van der Waals surface area contributed by atoms with E-state index in [2.05, 4.69) is 55.1 Å². The van der Waals surface area contributed by atoms with E-state index in [-0.39, 0.29) is 0 Å².